The molecular formula is C20H19FN4. The highest BCUT2D eigenvalue weighted by atomic mass is 19.1. The second kappa shape index (κ2) is 6.89. The lowest BCUT2D eigenvalue weighted by atomic mass is 10.1. The van der Waals surface area contributed by atoms with Crippen molar-refractivity contribution in [3.8, 4) is 11.3 Å². The Labute approximate surface area is 146 Å². The number of hydrogen-bond donors (Lipinski definition) is 0. The van der Waals surface area contributed by atoms with Gasteiger partial charge in [-0.3, -0.25) is 0 Å². The molecule has 5 heteroatoms. The minimum absolute atomic E-state index is 0.241. The average molecular weight is 334 g/mol. The summed E-state index contributed by atoms with van der Waals surface area (Å²) in [6.07, 6.45) is 1.58. The van der Waals surface area contributed by atoms with Gasteiger partial charge >= 0.3 is 0 Å². The third-order valence-corrected chi connectivity index (χ3v) is 4.52. The van der Waals surface area contributed by atoms with Gasteiger partial charge in [0.2, 0.25) is 0 Å². The van der Waals surface area contributed by atoms with Gasteiger partial charge in [-0.1, -0.05) is 18.2 Å². The van der Waals surface area contributed by atoms with Crippen LogP contribution in [0.3, 0.4) is 0 Å². The van der Waals surface area contributed by atoms with Crippen LogP contribution >= 0.6 is 0 Å². The van der Waals surface area contributed by atoms with Crippen LogP contribution in [0.5, 0.6) is 0 Å². The largest absolute Gasteiger partial charge is 0.368 e. The molecule has 25 heavy (non-hydrogen) atoms. The lowest BCUT2D eigenvalue weighted by Crippen LogP contribution is -2.46. The number of para-hydroxylation sites is 1. The molecule has 4 rings (SSSR count). The van der Waals surface area contributed by atoms with E-state index >= 15 is 0 Å². The van der Waals surface area contributed by atoms with Gasteiger partial charge in [0.05, 0.1) is 5.69 Å². The van der Waals surface area contributed by atoms with Gasteiger partial charge in [0.1, 0.15) is 18.0 Å². The van der Waals surface area contributed by atoms with E-state index in [4.69, 9.17) is 0 Å². The van der Waals surface area contributed by atoms with Crippen molar-refractivity contribution in [2.45, 2.75) is 0 Å². The molecule has 0 atom stereocenters. The lowest BCUT2D eigenvalue weighted by molar-refractivity contribution is 0.628. The Morgan fingerprint density at radius 3 is 2.16 bits per heavy atom. The van der Waals surface area contributed by atoms with Gasteiger partial charge in [0.15, 0.2) is 0 Å². The smallest absolute Gasteiger partial charge is 0.132 e. The first-order valence-corrected chi connectivity index (χ1v) is 8.42. The maximum absolute atomic E-state index is 13.1. The fraction of sp³-hybridized carbons (Fsp3) is 0.200. The standard InChI is InChI=1S/C20H19FN4/c21-17-8-6-16(7-9-17)19-14-20(23-15-22-19)25-12-10-24(11-13-25)18-4-2-1-3-5-18/h1-9,14-15H,10-13H2. The highest BCUT2D eigenvalue weighted by molar-refractivity contribution is 5.62. The Kier molecular flexibility index (Phi) is 4.29. The van der Waals surface area contributed by atoms with E-state index in [9.17, 15) is 4.39 Å². The number of halogens is 1. The highest BCUT2D eigenvalue weighted by Gasteiger charge is 2.18. The van der Waals surface area contributed by atoms with Crippen LogP contribution in [-0.2, 0) is 0 Å². The molecule has 3 aromatic rings. The quantitative estimate of drug-likeness (QED) is 0.732. The molecule has 0 unspecified atom stereocenters. The summed E-state index contributed by atoms with van der Waals surface area (Å²) in [6.45, 7) is 3.74. The molecule has 0 bridgehead atoms. The van der Waals surface area contributed by atoms with E-state index in [1.807, 2.05) is 12.1 Å². The highest BCUT2D eigenvalue weighted by Crippen LogP contribution is 2.23. The molecule has 0 spiro atoms. The Morgan fingerprint density at radius 1 is 0.760 bits per heavy atom. The molecule has 2 aromatic carbocycles. The van der Waals surface area contributed by atoms with Crippen molar-refractivity contribution in [1.82, 2.24) is 9.97 Å². The zero-order chi connectivity index (χ0) is 17.1. The second-order valence-corrected chi connectivity index (χ2v) is 6.08. The number of rotatable bonds is 3. The van der Waals surface area contributed by atoms with Crippen LogP contribution in [0.4, 0.5) is 15.9 Å². The van der Waals surface area contributed by atoms with Crippen molar-refractivity contribution in [3.63, 3.8) is 0 Å². The molecule has 4 nitrogen and oxygen atoms in total. The van der Waals surface area contributed by atoms with Crippen LogP contribution in [0.1, 0.15) is 0 Å². The zero-order valence-corrected chi connectivity index (χ0v) is 13.8. The molecule has 126 valence electrons. The predicted molar refractivity (Wildman–Crippen MR) is 98.3 cm³/mol. The van der Waals surface area contributed by atoms with E-state index in [1.165, 1.54) is 17.8 Å². The van der Waals surface area contributed by atoms with Crippen LogP contribution in [0.25, 0.3) is 11.3 Å². The fourth-order valence-corrected chi connectivity index (χ4v) is 3.13. The fourth-order valence-electron chi connectivity index (χ4n) is 3.13. The van der Waals surface area contributed by atoms with Gasteiger partial charge in [0.25, 0.3) is 0 Å². The summed E-state index contributed by atoms with van der Waals surface area (Å²) in [5.41, 5.74) is 2.97. The Bertz CT molecular complexity index is 828. The van der Waals surface area contributed by atoms with E-state index in [1.54, 1.807) is 18.5 Å². The second-order valence-electron chi connectivity index (χ2n) is 6.08. The Hall–Kier alpha value is -2.95. The molecule has 1 aliphatic heterocycles. The molecule has 0 N–H and O–H groups in total. The van der Waals surface area contributed by atoms with Gasteiger partial charge in [-0.2, -0.15) is 0 Å². The molecule has 1 aromatic heterocycles. The molecular weight excluding hydrogens is 315 g/mol. The first-order chi connectivity index (χ1) is 12.3. The van der Waals surface area contributed by atoms with E-state index in [2.05, 4.69) is 44.0 Å². The molecule has 2 heterocycles. The van der Waals surface area contributed by atoms with Gasteiger partial charge in [-0.15, -0.1) is 0 Å². The number of benzene rings is 2. The first-order valence-electron chi connectivity index (χ1n) is 8.42. The monoisotopic (exact) mass is 334 g/mol. The lowest BCUT2D eigenvalue weighted by Gasteiger charge is -2.36. The number of hydrogen-bond acceptors (Lipinski definition) is 4. The summed E-state index contributed by atoms with van der Waals surface area (Å²) in [5.74, 6) is 0.678. The topological polar surface area (TPSA) is 32.3 Å². The normalized spacial score (nSPS) is 14.6. The molecule has 0 radical (unpaired) electrons. The van der Waals surface area contributed by atoms with E-state index in [0.29, 0.717) is 0 Å². The molecule has 0 saturated carbocycles. The minimum atomic E-state index is -0.241. The summed E-state index contributed by atoms with van der Waals surface area (Å²) < 4.78 is 13.1. The maximum Gasteiger partial charge on any atom is 0.132 e. The third kappa shape index (κ3) is 3.45. The van der Waals surface area contributed by atoms with Crippen LogP contribution in [0.2, 0.25) is 0 Å². The maximum atomic E-state index is 13.1. The number of nitrogens with zero attached hydrogens (tertiary/aromatic N) is 4. The molecule has 0 amide bonds. The summed E-state index contributed by atoms with van der Waals surface area (Å²) in [6, 6.07) is 18.8. The molecule has 0 aliphatic carbocycles. The van der Waals surface area contributed by atoms with Gasteiger partial charge < -0.3 is 9.80 Å². The van der Waals surface area contributed by atoms with Crippen molar-refractivity contribution < 1.29 is 4.39 Å². The SMILES string of the molecule is Fc1ccc(-c2cc(N3CCN(c4ccccc4)CC3)ncn2)cc1. The minimum Gasteiger partial charge on any atom is -0.368 e. The van der Waals surface area contributed by atoms with E-state index < -0.39 is 0 Å². The third-order valence-electron chi connectivity index (χ3n) is 4.52. The van der Waals surface area contributed by atoms with Crippen molar-refractivity contribution in [2.75, 3.05) is 36.0 Å². The number of anilines is 2. The van der Waals surface area contributed by atoms with Gasteiger partial charge in [-0.05, 0) is 36.4 Å². The zero-order valence-electron chi connectivity index (χ0n) is 13.8. The first kappa shape index (κ1) is 15.6. The van der Waals surface area contributed by atoms with Crippen molar-refractivity contribution >= 4 is 11.5 Å². The summed E-state index contributed by atoms with van der Waals surface area (Å²) in [7, 11) is 0. The van der Waals surface area contributed by atoms with Crippen molar-refractivity contribution in [2.24, 2.45) is 0 Å². The van der Waals surface area contributed by atoms with Crippen molar-refractivity contribution in [3.05, 3.63) is 72.8 Å². The van der Waals surface area contributed by atoms with Gasteiger partial charge in [0, 0.05) is 43.5 Å². The van der Waals surface area contributed by atoms with E-state index in [0.717, 1.165) is 43.3 Å². The number of piperazine rings is 1. The van der Waals surface area contributed by atoms with Gasteiger partial charge in [-0.25, -0.2) is 14.4 Å². The van der Waals surface area contributed by atoms with Crippen molar-refractivity contribution in [1.29, 1.82) is 0 Å². The van der Waals surface area contributed by atoms with E-state index in [-0.39, 0.29) is 5.82 Å². The summed E-state index contributed by atoms with van der Waals surface area (Å²) in [4.78, 5) is 13.4. The Morgan fingerprint density at radius 2 is 1.44 bits per heavy atom. The molecule has 1 fully saturated rings. The number of aromatic nitrogens is 2. The van der Waals surface area contributed by atoms with Crippen LogP contribution in [-0.4, -0.2) is 36.1 Å². The average Bonchev–Trinajstić information content (AvgIpc) is 2.69. The molecule has 1 aliphatic rings. The summed E-state index contributed by atoms with van der Waals surface area (Å²) in [5, 5.41) is 0. The van der Waals surface area contributed by atoms with Crippen LogP contribution in [0, 0.1) is 5.82 Å². The predicted octanol–water partition coefficient (Wildman–Crippen LogP) is 3.61. The van der Waals surface area contributed by atoms with Crippen LogP contribution in [0.15, 0.2) is 67.0 Å². The Balaban J connectivity index is 1.48. The molecule has 1 saturated heterocycles. The summed E-state index contributed by atoms with van der Waals surface area (Å²) >= 11 is 0. The van der Waals surface area contributed by atoms with Crippen LogP contribution < -0.4 is 9.80 Å².